The highest BCUT2D eigenvalue weighted by Gasteiger charge is 2.35. The Hall–Kier alpha value is -2.53. The summed E-state index contributed by atoms with van der Waals surface area (Å²) in [4.78, 5) is 5.01. The number of nitrogens with one attached hydrogen (secondary N) is 1. The summed E-state index contributed by atoms with van der Waals surface area (Å²) >= 11 is 5.98. The fourth-order valence-corrected chi connectivity index (χ4v) is 6.43. The highest BCUT2D eigenvalue weighted by Crippen LogP contribution is 2.38. The molecule has 0 radical (unpaired) electrons. The fourth-order valence-electron chi connectivity index (χ4n) is 6.30. The Morgan fingerprint density at radius 2 is 1.81 bits per heavy atom. The van der Waals surface area contributed by atoms with Crippen molar-refractivity contribution in [3.8, 4) is 0 Å². The van der Waals surface area contributed by atoms with Crippen LogP contribution < -0.4 is 5.32 Å². The van der Waals surface area contributed by atoms with Gasteiger partial charge in [-0.25, -0.2) is 0 Å². The van der Waals surface area contributed by atoms with Crippen LogP contribution in [0.25, 0.3) is 6.08 Å². The monoisotopic (exact) mass is 515 g/mol. The molecule has 1 N–H and O–H groups in total. The zero-order valence-electron chi connectivity index (χ0n) is 21.7. The lowest BCUT2D eigenvalue weighted by molar-refractivity contribution is 0.0750. The molecular formula is C32H38ClN3O. The van der Waals surface area contributed by atoms with E-state index in [0.717, 1.165) is 42.3 Å². The number of rotatable bonds is 6. The predicted molar refractivity (Wildman–Crippen MR) is 152 cm³/mol. The molecule has 0 unspecified atom stereocenters. The largest absolute Gasteiger partial charge is 0.489 e. The topological polar surface area (TPSA) is 27.7 Å². The quantitative estimate of drug-likeness (QED) is 0.473. The first-order chi connectivity index (χ1) is 18.1. The van der Waals surface area contributed by atoms with Crippen LogP contribution in [0, 0.1) is 5.41 Å². The van der Waals surface area contributed by atoms with Crippen LogP contribution in [0.2, 0.25) is 5.02 Å². The van der Waals surface area contributed by atoms with Gasteiger partial charge in [0.25, 0.3) is 0 Å². The van der Waals surface area contributed by atoms with Gasteiger partial charge < -0.3 is 15.0 Å². The Kier molecular flexibility index (Phi) is 7.41. The van der Waals surface area contributed by atoms with Crippen LogP contribution in [0.3, 0.4) is 0 Å². The van der Waals surface area contributed by atoms with Gasteiger partial charge >= 0.3 is 0 Å². The highest BCUT2D eigenvalue weighted by molar-refractivity contribution is 6.30. The van der Waals surface area contributed by atoms with E-state index in [0.29, 0.717) is 12.0 Å². The van der Waals surface area contributed by atoms with E-state index in [-0.39, 0.29) is 0 Å². The van der Waals surface area contributed by atoms with Gasteiger partial charge in [0, 0.05) is 36.6 Å². The molecule has 1 aliphatic carbocycles. The fraction of sp³-hybridized carbons (Fsp3) is 0.438. The van der Waals surface area contributed by atoms with Gasteiger partial charge in [0.05, 0.1) is 0 Å². The minimum atomic E-state index is 0.557. The Balaban J connectivity index is 1.02. The molecule has 2 aromatic rings. The van der Waals surface area contributed by atoms with Gasteiger partial charge in [0.15, 0.2) is 0 Å². The summed E-state index contributed by atoms with van der Waals surface area (Å²) in [5.41, 5.74) is 7.42. The van der Waals surface area contributed by atoms with Crippen molar-refractivity contribution < 1.29 is 4.74 Å². The number of hydrogen-bond donors (Lipinski definition) is 1. The van der Waals surface area contributed by atoms with E-state index in [2.05, 4.69) is 57.7 Å². The standard InChI is InChI=1S/C32H38ClN3O/c33-29-7-3-25(4-8-29)23-37-31-10-16-36(17-11-31)30-9-6-27-20-26(2-5-28(27)21-30)22-35-18-13-32(14-19-35)12-1-15-34-24-32/h2-5,7-8,10-11,16,20-21,34H,1,6,9,12-15,17-19,22-24H2. The molecule has 2 fully saturated rings. The van der Waals surface area contributed by atoms with E-state index in [1.165, 1.54) is 74.2 Å². The second-order valence-electron chi connectivity index (χ2n) is 11.2. The molecule has 0 atom stereocenters. The van der Waals surface area contributed by atoms with E-state index in [9.17, 15) is 0 Å². The summed E-state index contributed by atoms with van der Waals surface area (Å²) in [5, 5.41) is 4.39. The number of fused-ring (bicyclic) bond motifs is 1. The number of ether oxygens (including phenoxy) is 1. The predicted octanol–water partition coefficient (Wildman–Crippen LogP) is 6.52. The van der Waals surface area contributed by atoms with Crippen LogP contribution in [0.1, 0.15) is 54.4 Å². The molecule has 4 aliphatic rings. The van der Waals surface area contributed by atoms with Crippen LogP contribution >= 0.6 is 11.6 Å². The first-order valence-electron chi connectivity index (χ1n) is 13.9. The van der Waals surface area contributed by atoms with Gasteiger partial charge in [0.1, 0.15) is 12.4 Å². The molecule has 3 aliphatic heterocycles. The van der Waals surface area contributed by atoms with Gasteiger partial charge in [-0.3, -0.25) is 4.90 Å². The van der Waals surface area contributed by atoms with Crippen molar-refractivity contribution >= 4 is 17.7 Å². The molecule has 6 rings (SSSR count). The molecule has 4 nitrogen and oxygen atoms in total. The maximum atomic E-state index is 5.99. The molecule has 194 valence electrons. The summed E-state index contributed by atoms with van der Waals surface area (Å²) in [6.07, 6.45) is 16.4. The first-order valence-corrected chi connectivity index (χ1v) is 14.3. The maximum Gasteiger partial charge on any atom is 0.119 e. The average molecular weight is 516 g/mol. The third-order valence-corrected chi connectivity index (χ3v) is 8.91. The Morgan fingerprint density at radius 1 is 0.973 bits per heavy atom. The SMILES string of the molecule is Clc1ccc(COC2=CCN(C3=Cc4ccc(CN5CCC6(CCCNC6)CC5)cc4CC3)C=C2)cc1. The molecule has 37 heavy (non-hydrogen) atoms. The Morgan fingerprint density at radius 3 is 2.57 bits per heavy atom. The van der Waals surface area contributed by atoms with Gasteiger partial charge in [-0.2, -0.15) is 0 Å². The minimum absolute atomic E-state index is 0.557. The smallest absolute Gasteiger partial charge is 0.119 e. The molecular weight excluding hydrogens is 478 g/mol. The lowest BCUT2D eigenvalue weighted by Crippen LogP contribution is -2.47. The van der Waals surface area contributed by atoms with Crippen LogP contribution in [0.4, 0.5) is 0 Å². The van der Waals surface area contributed by atoms with Crippen molar-refractivity contribution in [2.75, 3.05) is 32.7 Å². The molecule has 3 heterocycles. The molecule has 2 saturated heterocycles. The molecule has 0 aromatic heterocycles. The second-order valence-corrected chi connectivity index (χ2v) is 11.7. The zero-order chi connectivity index (χ0) is 25.1. The number of aryl methyl sites for hydroxylation is 1. The summed E-state index contributed by atoms with van der Waals surface area (Å²) in [6.45, 7) is 7.41. The zero-order valence-corrected chi connectivity index (χ0v) is 22.5. The van der Waals surface area contributed by atoms with E-state index in [1.54, 1.807) is 0 Å². The lowest BCUT2D eigenvalue weighted by atomic mass is 9.73. The lowest BCUT2D eigenvalue weighted by Gasteiger charge is -2.44. The van der Waals surface area contributed by atoms with Crippen LogP contribution in [0.15, 0.2) is 72.3 Å². The summed E-state index contributed by atoms with van der Waals surface area (Å²) in [7, 11) is 0. The van der Waals surface area contributed by atoms with Gasteiger partial charge in [-0.15, -0.1) is 0 Å². The first kappa shape index (κ1) is 24.8. The molecule has 0 amide bonds. The van der Waals surface area contributed by atoms with E-state index in [4.69, 9.17) is 16.3 Å². The van der Waals surface area contributed by atoms with Crippen LogP contribution in [0.5, 0.6) is 0 Å². The Bertz CT molecular complexity index is 1180. The molecule has 1 spiro atoms. The highest BCUT2D eigenvalue weighted by atomic mass is 35.5. The molecule has 0 bridgehead atoms. The number of benzene rings is 2. The van der Waals surface area contributed by atoms with Crippen LogP contribution in [-0.2, 0) is 24.3 Å². The summed E-state index contributed by atoms with van der Waals surface area (Å²) < 4.78 is 5.99. The number of likely N-dealkylation sites (tertiary alicyclic amines) is 1. The van der Waals surface area contributed by atoms with Gasteiger partial charge in [-0.1, -0.05) is 41.9 Å². The average Bonchev–Trinajstić information content (AvgIpc) is 2.95. The van der Waals surface area contributed by atoms with Crippen molar-refractivity contribution in [1.29, 1.82) is 0 Å². The number of allylic oxidation sites excluding steroid dienone is 2. The summed E-state index contributed by atoms with van der Waals surface area (Å²) in [6, 6.07) is 15.0. The van der Waals surface area contributed by atoms with E-state index < -0.39 is 0 Å². The van der Waals surface area contributed by atoms with Crippen molar-refractivity contribution in [3.05, 3.63) is 99.5 Å². The van der Waals surface area contributed by atoms with Gasteiger partial charge in [0.2, 0.25) is 0 Å². The second kappa shape index (κ2) is 11.1. The molecule has 5 heteroatoms. The normalized spacial score (nSPS) is 21.4. The van der Waals surface area contributed by atoms with Crippen LogP contribution in [-0.4, -0.2) is 42.5 Å². The number of hydrogen-bond acceptors (Lipinski definition) is 4. The third kappa shape index (κ3) is 5.98. The van der Waals surface area contributed by atoms with Crippen molar-refractivity contribution in [3.63, 3.8) is 0 Å². The Labute approximate surface area is 226 Å². The maximum absolute atomic E-state index is 5.99. The molecule has 0 saturated carbocycles. The van der Waals surface area contributed by atoms with Crippen molar-refractivity contribution in [2.45, 2.75) is 51.7 Å². The minimum Gasteiger partial charge on any atom is -0.489 e. The third-order valence-electron chi connectivity index (χ3n) is 8.66. The van der Waals surface area contributed by atoms with E-state index in [1.807, 2.05) is 24.3 Å². The number of nitrogens with zero attached hydrogens (tertiary/aromatic N) is 2. The van der Waals surface area contributed by atoms with Gasteiger partial charge in [-0.05, 0) is 116 Å². The molecule has 2 aromatic carbocycles. The number of piperidine rings is 2. The summed E-state index contributed by atoms with van der Waals surface area (Å²) in [5.74, 6) is 0.927. The van der Waals surface area contributed by atoms with E-state index >= 15 is 0 Å². The number of halogens is 1. The van der Waals surface area contributed by atoms with Crippen molar-refractivity contribution in [2.24, 2.45) is 5.41 Å². The van der Waals surface area contributed by atoms with Crippen molar-refractivity contribution in [1.82, 2.24) is 15.1 Å².